The maximum absolute atomic E-state index is 13.0. The summed E-state index contributed by atoms with van der Waals surface area (Å²) in [7, 11) is 0. The highest BCUT2D eigenvalue weighted by Crippen LogP contribution is 2.19. The number of hydrogen-bond acceptors (Lipinski definition) is 3. The minimum Gasteiger partial charge on any atom is -0.463 e. The largest absolute Gasteiger partial charge is 0.463 e. The number of furan rings is 1. The van der Waals surface area contributed by atoms with E-state index in [4.69, 9.17) is 4.42 Å². The Kier molecular flexibility index (Phi) is 4.42. The molecule has 1 aromatic carbocycles. The van der Waals surface area contributed by atoms with Crippen molar-refractivity contribution in [2.75, 3.05) is 11.6 Å². The van der Waals surface area contributed by atoms with Crippen molar-refractivity contribution >= 4 is 17.4 Å². The van der Waals surface area contributed by atoms with E-state index in [2.05, 4.69) is 5.32 Å². The molecule has 2 aromatic rings. The number of thioether (sulfide) groups is 1. The van der Waals surface area contributed by atoms with Crippen LogP contribution >= 0.6 is 11.8 Å². The topological polar surface area (TPSA) is 25.2 Å². The van der Waals surface area contributed by atoms with Gasteiger partial charge < -0.3 is 9.73 Å². The van der Waals surface area contributed by atoms with Crippen LogP contribution in [-0.4, -0.2) is 6.26 Å². The third-order valence-corrected chi connectivity index (χ3v) is 3.03. The Bertz CT molecular complexity index is 548. The van der Waals surface area contributed by atoms with Gasteiger partial charge >= 0.3 is 0 Å². The molecular formula is C13H12F3NOS. The molecule has 6 heteroatoms. The fourth-order valence-corrected chi connectivity index (χ4v) is 2.02. The average molecular weight is 287 g/mol. The van der Waals surface area contributed by atoms with E-state index >= 15 is 0 Å². The van der Waals surface area contributed by atoms with Crippen molar-refractivity contribution in [2.45, 2.75) is 12.3 Å². The summed E-state index contributed by atoms with van der Waals surface area (Å²) >= 11 is 1.63. The van der Waals surface area contributed by atoms with Gasteiger partial charge in [-0.25, -0.2) is 13.2 Å². The molecule has 0 saturated carbocycles. The first-order chi connectivity index (χ1) is 9.10. The van der Waals surface area contributed by atoms with Gasteiger partial charge in [-0.3, -0.25) is 0 Å². The van der Waals surface area contributed by atoms with E-state index in [1.54, 1.807) is 17.8 Å². The number of rotatable bonds is 5. The maximum atomic E-state index is 13.0. The van der Waals surface area contributed by atoms with Gasteiger partial charge in [-0.15, -0.1) is 0 Å². The molecule has 0 fully saturated rings. The maximum Gasteiger partial charge on any atom is 0.194 e. The fourth-order valence-electron chi connectivity index (χ4n) is 1.58. The SMILES string of the molecule is CSCc1ccc(CNc2cc(F)c(F)c(F)c2)o1. The third kappa shape index (κ3) is 3.47. The fraction of sp³-hybridized carbons (Fsp3) is 0.231. The summed E-state index contributed by atoms with van der Waals surface area (Å²) in [6.45, 7) is 0.277. The van der Waals surface area contributed by atoms with Gasteiger partial charge in [-0.1, -0.05) is 0 Å². The van der Waals surface area contributed by atoms with Crippen LogP contribution in [0.5, 0.6) is 0 Å². The Morgan fingerprint density at radius 1 is 1.11 bits per heavy atom. The summed E-state index contributed by atoms with van der Waals surface area (Å²) in [6.07, 6.45) is 1.96. The smallest absolute Gasteiger partial charge is 0.194 e. The second-order valence-electron chi connectivity index (χ2n) is 3.91. The van der Waals surface area contributed by atoms with Crippen LogP contribution in [0.25, 0.3) is 0 Å². The van der Waals surface area contributed by atoms with Crippen molar-refractivity contribution in [1.29, 1.82) is 0 Å². The normalized spacial score (nSPS) is 10.7. The molecule has 0 amide bonds. The van der Waals surface area contributed by atoms with E-state index in [0.717, 1.165) is 23.6 Å². The molecule has 0 aliphatic heterocycles. The van der Waals surface area contributed by atoms with Crippen molar-refractivity contribution in [3.63, 3.8) is 0 Å². The summed E-state index contributed by atoms with van der Waals surface area (Å²) in [5, 5.41) is 2.78. The predicted molar refractivity (Wildman–Crippen MR) is 69.6 cm³/mol. The van der Waals surface area contributed by atoms with E-state index in [-0.39, 0.29) is 12.2 Å². The standard InChI is InChI=1S/C13H12F3NOS/c1-19-7-10-3-2-9(18-10)6-17-8-4-11(14)13(16)12(15)5-8/h2-5,17H,6-7H2,1H3. The van der Waals surface area contributed by atoms with E-state index < -0.39 is 17.5 Å². The van der Waals surface area contributed by atoms with Crippen LogP contribution < -0.4 is 5.32 Å². The van der Waals surface area contributed by atoms with Crippen molar-refractivity contribution < 1.29 is 17.6 Å². The summed E-state index contributed by atoms with van der Waals surface area (Å²) in [5.41, 5.74) is 0.166. The molecule has 0 saturated heterocycles. The zero-order valence-corrected chi connectivity index (χ0v) is 11.0. The average Bonchev–Trinajstić information content (AvgIpc) is 2.81. The highest BCUT2D eigenvalue weighted by atomic mass is 32.2. The molecule has 0 unspecified atom stereocenters. The Morgan fingerprint density at radius 2 is 1.74 bits per heavy atom. The van der Waals surface area contributed by atoms with Crippen molar-refractivity contribution in [1.82, 2.24) is 0 Å². The van der Waals surface area contributed by atoms with Gasteiger partial charge in [0.05, 0.1) is 12.3 Å². The zero-order chi connectivity index (χ0) is 13.8. The number of nitrogens with one attached hydrogen (secondary N) is 1. The molecule has 0 atom stereocenters. The lowest BCUT2D eigenvalue weighted by Gasteiger charge is -2.05. The molecule has 0 spiro atoms. The zero-order valence-electron chi connectivity index (χ0n) is 10.2. The van der Waals surface area contributed by atoms with Gasteiger partial charge in [0.15, 0.2) is 17.5 Å². The second-order valence-corrected chi connectivity index (χ2v) is 4.77. The second kappa shape index (κ2) is 6.06. The Hall–Kier alpha value is -1.56. The molecule has 2 nitrogen and oxygen atoms in total. The van der Waals surface area contributed by atoms with E-state index in [9.17, 15) is 13.2 Å². The molecule has 0 radical (unpaired) electrons. The molecule has 0 aliphatic rings. The quantitative estimate of drug-likeness (QED) is 0.835. The van der Waals surface area contributed by atoms with Crippen LogP contribution in [0.2, 0.25) is 0 Å². The minimum absolute atomic E-state index is 0.166. The lowest BCUT2D eigenvalue weighted by atomic mass is 10.3. The molecule has 0 bridgehead atoms. The van der Waals surface area contributed by atoms with Gasteiger partial charge in [-0.05, 0) is 18.4 Å². The van der Waals surface area contributed by atoms with Crippen LogP contribution in [0.4, 0.5) is 18.9 Å². The molecule has 0 aliphatic carbocycles. The Labute approximate surface area is 113 Å². The van der Waals surface area contributed by atoms with Gasteiger partial charge in [0, 0.05) is 17.8 Å². The van der Waals surface area contributed by atoms with Crippen LogP contribution in [0.3, 0.4) is 0 Å². The van der Waals surface area contributed by atoms with Gasteiger partial charge in [0.25, 0.3) is 0 Å². The van der Waals surface area contributed by atoms with Crippen LogP contribution in [0.1, 0.15) is 11.5 Å². The van der Waals surface area contributed by atoms with Crippen molar-refractivity contribution in [3.8, 4) is 0 Å². The third-order valence-electron chi connectivity index (χ3n) is 2.45. The Balaban J connectivity index is 2.01. The molecule has 1 N–H and O–H groups in total. The number of benzene rings is 1. The first-order valence-corrected chi connectivity index (χ1v) is 6.94. The molecule has 1 heterocycles. The first-order valence-electron chi connectivity index (χ1n) is 5.55. The number of halogens is 3. The van der Waals surface area contributed by atoms with Crippen LogP contribution in [0, 0.1) is 17.5 Å². The summed E-state index contributed by atoms with van der Waals surface area (Å²) in [5.74, 6) is -1.66. The van der Waals surface area contributed by atoms with Crippen molar-refractivity contribution in [2.24, 2.45) is 0 Å². The van der Waals surface area contributed by atoms with Gasteiger partial charge in [0.1, 0.15) is 11.5 Å². The Morgan fingerprint density at radius 3 is 2.37 bits per heavy atom. The lowest BCUT2D eigenvalue weighted by Crippen LogP contribution is -2.01. The summed E-state index contributed by atoms with van der Waals surface area (Å²) < 4.78 is 44.2. The van der Waals surface area contributed by atoms with E-state index in [1.807, 2.05) is 12.3 Å². The van der Waals surface area contributed by atoms with Crippen molar-refractivity contribution in [3.05, 3.63) is 53.2 Å². The van der Waals surface area contributed by atoms with Crippen LogP contribution in [0.15, 0.2) is 28.7 Å². The number of anilines is 1. The van der Waals surface area contributed by atoms with E-state index in [0.29, 0.717) is 5.76 Å². The summed E-state index contributed by atoms with van der Waals surface area (Å²) in [6, 6.07) is 5.45. The minimum atomic E-state index is -1.47. The van der Waals surface area contributed by atoms with Crippen LogP contribution in [-0.2, 0) is 12.3 Å². The molecular weight excluding hydrogens is 275 g/mol. The molecule has 1 aromatic heterocycles. The highest BCUT2D eigenvalue weighted by Gasteiger charge is 2.10. The van der Waals surface area contributed by atoms with Gasteiger partial charge in [-0.2, -0.15) is 11.8 Å². The summed E-state index contributed by atoms with van der Waals surface area (Å²) in [4.78, 5) is 0. The molecule has 19 heavy (non-hydrogen) atoms. The molecule has 102 valence electrons. The van der Waals surface area contributed by atoms with Gasteiger partial charge in [0.2, 0.25) is 0 Å². The molecule has 2 rings (SSSR count). The lowest BCUT2D eigenvalue weighted by molar-refractivity contribution is 0.447. The predicted octanol–water partition coefficient (Wildman–Crippen LogP) is 4.17. The first kappa shape index (κ1) is 13.9. The monoisotopic (exact) mass is 287 g/mol. The highest BCUT2D eigenvalue weighted by molar-refractivity contribution is 7.97. The van der Waals surface area contributed by atoms with E-state index in [1.165, 1.54) is 0 Å². The number of hydrogen-bond donors (Lipinski definition) is 1.